The molecule has 4 heteroatoms. The maximum Gasteiger partial charge on any atom is 0.0557 e. The van der Waals surface area contributed by atoms with Crippen molar-refractivity contribution in [3.63, 3.8) is 0 Å². The van der Waals surface area contributed by atoms with Gasteiger partial charge in [0.1, 0.15) is 0 Å². The number of fused-ring (bicyclic) bond motifs is 4. The Morgan fingerprint density at radius 2 is 2.24 bits per heavy atom. The molecule has 0 radical (unpaired) electrons. The molecule has 1 aliphatic carbocycles. The molecule has 6 rings (SSSR count). The second kappa shape index (κ2) is 5.83. The highest BCUT2D eigenvalue weighted by atomic mass is 16.5. The van der Waals surface area contributed by atoms with E-state index >= 15 is 0 Å². The standard InChI is InChI=1S/C21H28N2O2/c1-25-9-7-15-10-14-11-21(13-24)19-17(6-8-23(12-14)20(15)21)16-4-2-3-5-18(16)22-19/h2-5,14-15,20,22,24H,6-13H2,1H3/t14?,15-,20?,21+/m0/s1. The van der Waals surface area contributed by atoms with Crippen molar-refractivity contribution in [1.29, 1.82) is 0 Å². The van der Waals surface area contributed by atoms with Gasteiger partial charge in [0.25, 0.3) is 0 Å². The zero-order valence-corrected chi connectivity index (χ0v) is 15.0. The number of aromatic amines is 1. The number of aromatic nitrogens is 1. The van der Waals surface area contributed by atoms with Crippen LogP contribution in [0.1, 0.15) is 30.5 Å². The van der Waals surface area contributed by atoms with Crippen LogP contribution in [0, 0.1) is 11.8 Å². The van der Waals surface area contributed by atoms with Crippen molar-refractivity contribution in [2.75, 3.05) is 33.4 Å². The highest BCUT2D eigenvalue weighted by molar-refractivity contribution is 5.85. The van der Waals surface area contributed by atoms with Gasteiger partial charge in [-0.3, -0.25) is 4.90 Å². The Hall–Kier alpha value is -1.36. The Balaban J connectivity index is 1.67. The molecule has 5 atom stereocenters. The van der Waals surface area contributed by atoms with Crippen LogP contribution in [-0.2, 0) is 16.6 Å². The molecule has 4 heterocycles. The predicted octanol–water partition coefficient (Wildman–Crippen LogP) is 2.70. The third-order valence-corrected chi connectivity index (χ3v) is 7.12. The molecular weight excluding hydrogens is 312 g/mol. The summed E-state index contributed by atoms with van der Waals surface area (Å²) in [7, 11) is 1.80. The van der Waals surface area contributed by atoms with Gasteiger partial charge in [-0.1, -0.05) is 18.2 Å². The molecule has 0 amide bonds. The second-order valence-corrected chi connectivity index (χ2v) is 8.38. The lowest BCUT2D eigenvalue weighted by molar-refractivity contribution is -0.0826. The summed E-state index contributed by atoms with van der Waals surface area (Å²) in [6.45, 7) is 3.39. The van der Waals surface area contributed by atoms with Gasteiger partial charge in [-0.15, -0.1) is 0 Å². The van der Waals surface area contributed by atoms with E-state index in [1.54, 1.807) is 7.11 Å². The van der Waals surface area contributed by atoms with Gasteiger partial charge in [0.2, 0.25) is 0 Å². The van der Waals surface area contributed by atoms with Gasteiger partial charge in [-0.2, -0.15) is 0 Å². The molecule has 1 saturated carbocycles. The molecule has 0 spiro atoms. The number of ether oxygens (including phenoxy) is 1. The molecule has 4 nitrogen and oxygen atoms in total. The third kappa shape index (κ3) is 2.17. The number of rotatable bonds is 4. The Morgan fingerprint density at radius 1 is 1.36 bits per heavy atom. The van der Waals surface area contributed by atoms with Crippen LogP contribution in [0.3, 0.4) is 0 Å². The average molecular weight is 340 g/mol. The minimum atomic E-state index is -0.134. The number of aliphatic hydroxyl groups excluding tert-OH is 1. The van der Waals surface area contributed by atoms with E-state index in [1.165, 1.54) is 35.1 Å². The number of para-hydroxylation sites is 1. The number of aliphatic hydroxyl groups is 1. The van der Waals surface area contributed by atoms with E-state index in [2.05, 4.69) is 34.1 Å². The first-order valence-electron chi connectivity index (χ1n) is 9.71. The average Bonchev–Trinajstić information content (AvgIpc) is 2.99. The summed E-state index contributed by atoms with van der Waals surface area (Å²) in [6, 6.07) is 9.08. The Morgan fingerprint density at radius 3 is 3.08 bits per heavy atom. The van der Waals surface area contributed by atoms with E-state index in [0.29, 0.717) is 17.9 Å². The number of piperidine rings is 2. The molecule has 2 N–H and O–H groups in total. The first kappa shape index (κ1) is 15.9. The molecule has 3 aliphatic heterocycles. The lowest BCUT2D eigenvalue weighted by Crippen LogP contribution is -2.65. The van der Waals surface area contributed by atoms with E-state index in [0.717, 1.165) is 32.4 Å². The highest BCUT2D eigenvalue weighted by Gasteiger charge is 2.58. The SMILES string of the molecule is COCC[C@H]1CC2CN3CCc4c([nH]c5ccccc45)[C@](CO)(C2)C13. The maximum absolute atomic E-state index is 10.7. The fourth-order valence-corrected chi connectivity index (χ4v) is 6.36. The van der Waals surface area contributed by atoms with Crippen molar-refractivity contribution in [2.45, 2.75) is 37.1 Å². The molecule has 2 aromatic rings. The van der Waals surface area contributed by atoms with Crippen LogP contribution >= 0.6 is 0 Å². The molecule has 4 aliphatic rings. The Labute approximate surface area is 149 Å². The van der Waals surface area contributed by atoms with Gasteiger partial charge in [-0.05, 0) is 49.1 Å². The van der Waals surface area contributed by atoms with Gasteiger partial charge in [-0.25, -0.2) is 0 Å². The molecule has 1 aromatic heterocycles. The largest absolute Gasteiger partial charge is 0.395 e. The van der Waals surface area contributed by atoms with Crippen molar-refractivity contribution in [1.82, 2.24) is 9.88 Å². The second-order valence-electron chi connectivity index (χ2n) is 8.38. The first-order valence-corrected chi connectivity index (χ1v) is 9.71. The highest BCUT2D eigenvalue weighted by Crippen LogP contribution is 2.54. The maximum atomic E-state index is 10.7. The number of hydrogen-bond acceptors (Lipinski definition) is 3. The van der Waals surface area contributed by atoms with Crippen LogP contribution in [-0.4, -0.2) is 54.4 Å². The third-order valence-electron chi connectivity index (χ3n) is 7.12. The van der Waals surface area contributed by atoms with Crippen molar-refractivity contribution < 1.29 is 9.84 Å². The van der Waals surface area contributed by atoms with Gasteiger partial charge < -0.3 is 14.8 Å². The van der Waals surface area contributed by atoms with E-state index in [4.69, 9.17) is 4.74 Å². The number of nitrogens with one attached hydrogen (secondary N) is 1. The quantitative estimate of drug-likeness (QED) is 0.900. The molecule has 25 heavy (non-hydrogen) atoms. The van der Waals surface area contributed by atoms with Crippen molar-refractivity contribution in [2.24, 2.45) is 11.8 Å². The summed E-state index contributed by atoms with van der Waals surface area (Å²) in [6.07, 6.45) is 4.60. The summed E-state index contributed by atoms with van der Waals surface area (Å²) in [5.41, 5.74) is 3.87. The first-order chi connectivity index (χ1) is 12.3. The Kier molecular flexibility index (Phi) is 3.70. The lowest BCUT2D eigenvalue weighted by Gasteiger charge is -2.59. The van der Waals surface area contributed by atoms with Crippen LogP contribution in [0.5, 0.6) is 0 Å². The Bertz CT molecular complexity index is 785. The number of methoxy groups -OCH3 is 1. The zero-order chi connectivity index (χ0) is 17.0. The van der Waals surface area contributed by atoms with Crippen LogP contribution in [0.2, 0.25) is 0 Å². The van der Waals surface area contributed by atoms with Crippen molar-refractivity contribution in [3.05, 3.63) is 35.5 Å². The number of H-pyrrole nitrogens is 1. The fourth-order valence-electron chi connectivity index (χ4n) is 6.36. The van der Waals surface area contributed by atoms with E-state index in [1.807, 2.05) is 0 Å². The van der Waals surface area contributed by atoms with Gasteiger partial charge in [0.15, 0.2) is 0 Å². The monoisotopic (exact) mass is 340 g/mol. The molecule has 4 bridgehead atoms. The normalized spacial score (nSPS) is 36.4. The molecule has 2 saturated heterocycles. The summed E-state index contributed by atoms with van der Waals surface area (Å²) < 4.78 is 5.40. The van der Waals surface area contributed by atoms with Gasteiger partial charge in [0.05, 0.1) is 6.61 Å². The molecule has 1 aromatic carbocycles. The minimum Gasteiger partial charge on any atom is -0.395 e. The van der Waals surface area contributed by atoms with Crippen molar-refractivity contribution >= 4 is 10.9 Å². The number of benzene rings is 1. The summed E-state index contributed by atoms with van der Waals surface area (Å²) in [5.74, 6) is 1.31. The zero-order valence-electron chi connectivity index (χ0n) is 15.0. The molecule has 3 fully saturated rings. The van der Waals surface area contributed by atoms with E-state index < -0.39 is 0 Å². The van der Waals surface area contributed by atoms with Crippen LogP contribution in [0.15, 0.2) is 24.3 Å². The van der Waals surface area contributed by atoms with E-state index in [-0.39, 0.29) is 12.0 Å². The summed E-state index contributed by atoms with van der Waals surface area (Å²) in [4.78, 5) is 6.44. The van der Waals surface area contributed by atoms with Crippen LogP contribution < -0.4 is 0 Å². The van der Waals surface area contributed by atoms with Gasteiger partial charge >= 0.3 is 0 Å². The molecular formula is C21H28N2O2. The predicted molar refractivity (Wildman–Crippen MR) is 98.8 cm³/mol. The van der Waals surface area contributed by atoms with Gasteiger partial charge in [0, 0.05) is 54.9 Å². The van der Waals surface area contributed by atoms with E-state index in [9.17, 15) is 5.11 Å². The van der Waals surface area contributed by atoms with Crippen LogP contribution in [0.4, 0.5) is 0 Å². The smallest absolute Gasteiger partial charge is 0.0557 e. The summed E-state index contributed by atoms with van der Waals surface area (Å²) >= 11 is 0. The minimum absolute atomic E-state index is 0.134. The topological polar surface area (TPSA) is 48.5 Å². The van der Waals surface area contributed by atoms with Crippen molar-refractivity contribution in [3.8, 4) is 0 Å². The number of nitrogens with zero attached hydrogens (tertiary/aromatic N) is 1. The molecule has 134 valence electrons. The fraction of sp³-hybridized carbons (Fsp3) is 0.619. The number of hydrogen-bond donors (Lipinski definition) is 2. The van der Waals surface area contributed by atoms with Crippen LogP contribution in [0.25, 0.3) is 10.9 Å². The summed E-state index contributed by atoms with van der Waals surface area (Å²) in [5, 5.41) is 12.0. The molecule has 3 unspecified atom stereocenters. The lowest BCUT2D eigenvalue weighted by atomic mass is 9.56.